The van der Waals surface area contributed by atoms with Crippen molar-refractivity contribution in [3.63, 3.8) is 0 Å². The van der Waals surface area contributed by atoms with Gasteiger partial charge in [-0.1, -0.05) is 13.8 Å². The largest absolute Gasteiger partial charge is 0.338 e. The van der Waals surface area contributed by atoms with Gasteiger partial charge in [-0.05, 0) is 18.6 Å². The van der Waals surface area contributed by atoms with Crippen LogP contribution in [-0.4, -0.2) is 27.2 Å². The van der Waals surface area contributed by atoms with Crippen LogP contribution in [0.1, 0.15) is 26.1 Å². The summed E-state index contributed by atoms with van der Waals surface area (Å²) in [7, 11) is 0. The van der Waals surface area contributed by atoms with Gasteiger partial charge in [-0.15, -0.1) is 10.2 Å². The first-order valence-electron chi connectivity index (χ1n) is 6.13. The van der Waals surface area contributed by atoms with E-state index in [1.807, 2.05) is 36.6 Å². The van der Waals surface area contributed by atoms with E-state index >= 15 is 0 Å². The third kappa shape index (κ3) is 2.58. The number of urea groups is 1. The summed E-state index contributed by atoms with van der Waals surface area (Å²) < 4.78 is 1.88. The number of amides is 2. The molecule has 6 heteroatoms. The van der Waals surface area contributed by atoms with Gasteiger partial charge in [-0.3, -0.25) is 4.40 Å². The van der Waals surface area contributed by atoms with Crippen LogP contribution in [0, 0.1) is 0 Å². The molecule has 0 saturated carbocycles. The standard InChI is InChI=1S/C12H17N5O/c1-3-7-13-12(18)14-9-5-6-11-16-15-10(4-2)17(11)8-9/h5-6,8H,3-4,7H2,1-2H3,(H2,13,14,18). The zero-order chi connectivity index (χ0) is 13.0. The summed E-state index contributed by atoms with van der Waals surface area (Å²) in [5.74, 6) is 0.877. The number of nitrogens with one attached hydrogen (secondary N) is 2. The average molecular weight is 247 g/mol. The number of aromatic nitrogens is 3. The van der Waals surface area contributed by atoms with E-state index in [2.05, 4.69) is 20.8 Å². The lowest BCUT2D eigenvalue weighted by Crippen LogP contribution is -2.29. The van der Waals surface area contributed by atoms with Crippen molar-refractivity contribution in [2.24, 2.45) is 0 Å². The highest BCUT2D eigenvalue weighted by Gasteiger charge is 2.05. The lowest BCUT2D eigenvalue weighted by Gasteiger charge is -2.07. The number of carbonyl (C=O) groups is 1. The van der Waals surface area contributed by atoms with E-state index in [4.69, 9.17) is 0 Å². The molecule has 0 aliphatic carbocycles. The number of anilines is 1. The highest BCUT2D eigenvalue weighted by Crippen LogP contribution is 2.11. The van der Waals surface area contributed by atoms with Crippen LogP contribution in [0.2, 0.25) is 0 Å². The minimum atomic E-state index is -0.192. The van der Waals surface area contributed by atoms with Crippen LogP contribution in [-0.2, 0) is 6.42 Å². The van der Waals surface area contributed by atoms with Crippen molar-refractivity contribution in [3.8, 4) is 0 Å². The van der Waals surface area contributed by atoms with Crippen molar-refractivity contribution in [3.05, 3.63) is 24.2 Å². The van der Waals surface area contributed by atoms with Gasteiger partial charge in [0.2, 0.25) is 0 Å². The quantitative estimate of drug-likeness (QED) is 0.865. The van der Waals surface area contributed by atoms with Crippen LogP contribution in [0.5, 0.6) is 0 Å². The van der Waals surface area contributed by atoms with E-state index in [9.17, 15) is 4.79 Å². The lowest BCUT2D eigenvalue weighted by atomic mass is 10.4. The molecule has 96 valence electrons. The van der Waals surface area contributed by atoms with Crippen LogP contribution in [0.15, 0.2) is 18.3 Å². The Labute approximate surface area is 105 Å². The number of carbonyl (C=O) groups excluding carboxylic acids is 1. The summed E-state index contributed by atoms with van der Waals surface area (Å²) in [6, 6.07) is 3.46. The molecule has 2 aromatic heterocycles. The predicted octanol–water partition coefficient (Wildman–Crippen LogP) is 1.82. The van der Waals surface area contributed by atoms with Gasteiger partial charge in [0.25, 0.3) is 0 Å². The van der Waals surface area contributed by atoms with Gasteiger partial charge in [0.15, 0.2) is 5.65 Å². The summed E-state index contributed by atoms with van der Waals surface area (Å²) in [5, 5.41) is 13.7. The van der Waals surface area contributed by atoms with E-state index in [0.29, 0.717) is 6.54 Å². The lowest BCUT2D eigenvalue weighted by molar-refractivity contribution is 0.252. The van der Waals surface area contributed by atoms with Crippen LogP contribution in [0.4, 0.5) is 10.5 Å². The summed E-state index contributed by atoms with van der Waals surface area (Å²) >= 11 is 0. The van der Waals surface area contributed by atoms with E-state index in [-0.39, 0.29) is 6.03 Å². The van der Waals surface area contributed by atoms with Crippen LogP contribution in [0.3, 0.4) is 0 Å². The maximum atomic E-state index is 11.5. The fraction of sp³-hybridized carbons (Fsp3) is 0.417. The summed E-state index contributed by atoms with van der Waals surface area (Å²) in [4.78, 5) is 11.5. The Morgan fingerprint density at radius 2 is 2.17 bits per heavy atom. The molecule has 0 aliphatic rings. The molecule has 0 atom stereocenters. The van der Waals surface area contributed by atoms with Crippen LogP contribution in [0.25, 0.3) is 5.65 Å². The van der Waals surface area contributed by atoms with Crippen molar-refractivity contribution in [2.75, 3.05) is 11.9 Å². The number of aryl methyl sites for hydroxylation is 1. The van der Waals surface area contributed by atoms with Crippen LogP contribution >= 0.6 is 0 Å². The smallest absolute Gasteiger partial charge is 0.319 e. The van der Waals surface area contributed by atoms with E-state index in [0.717, 1.165) is 30.0 Å². The first-order valence-corrected chi connectivity index (χ1v) is 6.13. The van der Waals surface area contributed by atoms with Gasteiger partial charge in [0.1, 0.15) is 5.82 Å². The predicted molar refractivity (Wildman–Crippen MR) is 69.7 cm³/mol. The molecule has 0 spiro atoms. The first-order chi connectivity index (χ1) is 8.74. The molecule has 0 fully saturated rings. The molecule has 0 aliphatic heterocycles. The topological polar surface area (TPSA) is 71.3 Å². The third-order valence-electron chi connectivity index (χ3n) is 2.58. The molecule has 2 N–H and O–H groups in total. The number of pyridine rings is 1. The molecule has 0 aromatic carbocycles. The molecule has 2 amide bonds. The van der Waals surface area contributed by atoms with Crippen molar-refractivity contribution >= 4 is 17.4 Å². The van der Waals surface area contributed by atoms with Crippen molar-refractivity contribution < 1.29 is 4.79 Å². The fourth-order valence-electron chi connectivity index (χ4n) is 1.67. The maximum Gasteiger partial charge on any atom is 0.319 e. The molecule has 0 radical (unpaired) electrons. The number of rotatable bonds is 4. The van der Waals surface area contributed by atoms with Gasteiger partial charge < -0.3 is 10.6 Å². The summed E-state index contributed by atoms with van der Waals surface area (Å²) in [6.07, 6.45) is 3.55. The average Bonchev–Trinajstić information content (AvgIpc) is 2.78. The second kappa shape index (κ2) is 5.48. The van der Waals surface area contributed by atoms with E-state index in [1.54, 1.807) is 0 Å². The summed E-state index contributed by atoms with van der Waals surface area (Å²) in [5.41, 5.74) is 1.51. The highest BCUT2D eigenvalue weighted by molar-refractivity contribution is 5.89. The second-order valence-corrected chi connectivity index (χ2v) is 4.00. The zero-order valence-corrected chi connectivity index (χ0v) is 10.6. The zero-order valence-electron chi connectivity index (χ0n) is 10.6. The monoisotopic (exact) mass is 247 g/mol. The van der Waals surface area contributed by atoms with Gasteiger partial charge in [-0.2, -0.15) is 0 Å². The van der Waals surface area contributed by atoms with Crippen molar-refractivity contribution in [2.45, 2.75) is 26.7 Å². The van der Waals surface area contributed by atoms with E-state index < -0.39 is 0 Å². The summed E-state index contributed by atoms with van der Waals surface area (Å²) in [6.45, 7) is 4.70. The van der Waals surface area contributed by atoms with Crippen LogP contribution < -0.4 is 10.6 Å². The Kier molecular flexibility index (Phi) is 3.76. The molecule has 0 bridgehead atoms. The Morgan fingerprint density at radius 1 is 1.33 bits per heavy atom. The Hall–Kier alpha value is -2.11. The normalized spacial score (nSPS) is 10.6. The number of nitrogens with zero attached hydrogens (tertiary/aromatic N) is 3. The van der Waals surface area contributed by atoms with Gasteiger partial charge in [0, 0.05) is 19.2 Å². The molecule has 0 saturated heterocycles. The van der Waals surface area contributed by atoms with Gasteiger partial charge >= 0.3 is 6.03 Å². The van der Waals surface area contributed by atoms with Crippen molar-refractivity contribution in [1.82, 2.24) is 19.9 Å². The molecular weight excluding hydrogens is 230 g/mol. The minimum Gasteiger partial charge on any atom is -0.338 e. The SMILES string of the molecule is CCCNC(=O)Nc1ccc2nnc(CC)n2c1. The molecule has 6 nitrogen and oxygen atoms in total. The van der Waals surface area contributed by atoms with Gasteiger partial charge in [0.05, 0.1) is 5.69 Å². The Morgan fingerprint density at radius 3 is 2.89 bits per heavy atom. The van der Waals surface area contributed by atoms with Crippen molar-refractivity contribution in [1.29, 1.82) is 0 Å². The Balaban J connectivity index is 2.16. The Bertz CT molecular complexity index is 548. The van der Waals surface area contributed by atoms with E-state index in [1.165, 1.54) is 0 Å². The molecule has 2 heterocycles. The molecular formula is C12H17N5O. The molecule has 18 heavy (non-hydrogen) atoms. The second-order valence-electron chi connectivity index (χ2n) is 4.00. The van der Waals surface area contributed by atoms with Gasteiger partial charge in [-0.25, -0.2) is 4.79 Å². The first kappa shape index (κ1) is 12.3. The maximum absolute atomic E-state index is 11.5. The molecule has 2 aromatic rings. The minimum absolute atomic E-state index is 0.192. The highest BCUT2D eigenvalue weighted by atomic mass is 16.2. The number of hydrogen-bond acceptors (Lipinski definition) is 3. The molecule has 0 unspecified atom stereocenters. The third-order valence-corrected chi connectivity index (χ3v) is 2.58. The number of hydrogen-bond donors (Lipinski definition) is 2. The fourth-order valence-corrected chi connectivity index (χ4v) is 1.67. The molecule has 2 rings (SSSR count). The number of fused-ring (bicyclic) bond motifs is 1.